The van der Waals surface area contributed by atoms with Crippen LogP contribution in [0.1, 0.15) is 47.5 Å². The van der Waals surface area contributed by atoms with Gasteiger partial charge in [-0.2, -0.15) is 12.2 Å². The van der Waals surface area contributed by atoms with Crippen molar-refractivity contribution in [3.8, 4) is 0 Å². The molecule has 0 aromatic carbocycles. The summed E-state index contributed by atoms with van der Waals surface area (Å²) in [4.78, 5) is 34.4. The molecule has 3 unspecified atom stereocenters. The number of carbonyl (C=O) groups excluding carboxylic acids is 3. The van der Waals surface area contributed by atoms with Crippen LogP contribution in [0.4, 0.5) is 4.39 Å². The molecule has 0 aromatic heterocycles. The van der Waals surface area contributed by atoms with Crippen molar-refractivity contribution in [1.82, 2.24) is 10.6 Å². The molecule has 1 aliphatic heterocycles. The molecule has 1 saturated heterocycles. The van der Waals surface area contributed by atoms with Gasteiger partial charge in [-0.3, -0.25) is 14.9 Å². The number of allylic oxidation sites excluding steroid dienone is 2. The molecule has 0 saturated carbocycles. The summed E-state index contributed by atoms with van der Waals surface area (Å²) in [5, 5.41) is 4.67. The number of halogens is 1. The summed E-state index contributed by atoms with van der Waals surface area (Å²) in [5.41, 5.74) is 0.214. The number of piperidine rings is 1. The smallest absolute Gasteiger partial charge is 0.248 e. The van der Waals surface area contributed by atoms with Crippen LogP contribution in [-0.2, 0) is 35.4 Å². The van der Waals surface area contributed by atoms with Gasteiger partial charge in [0.05, 0.1) is 6.04 Å². The molecule has 0 spiro atoms. The minimum absolute atomic E-state index is 0. The van der Waals surface area contributed by atoms with Crippen LogP contribution in [0, 0.1) is 12.0 Å². The number of rotatable bonds is 2. The molecule has 7 heteroatoms. The van der Waals surface area contributed by atoms with Crippen molar-refractivity contribution >= 4 is 17.7 Å². The average molecular weight is 509 g/mol. The normalized spacial score (nSPS) is 24.8. The largest absolute Gasteiger partial charge is 0.394 e. The number of hydrogen-bond acceptors (Lipinski definition) is 3. The van der Waals surface area contributed by atoms with Gasteiger partial charge in [0.2, 0.25) is 11.8 Å². The molecule has 1 fully saturated rings. The second-order valence-corrected chi connectivity index (χ2v) is 4.67. The molecule has 1 heterocycles. The van der Waals surface area contributed by atoms with Crippen LogP contribution in [-0.4, -0.2) is 29.9 Å². The maximum Gasteiger partial charge on any atom is 0.248 e. The van der Waals surface area contributed by atoms with Crippen LogP contribution in [0.2, 0.25) is 0 Å². The third kappa shape index (κ3) is 7.52. The van der Waals surface area contributed by atoms with Crippen LogP contribution in [0.3, 0.4) is 0 Å². The predicted octanol–water partition coefficient (Wildman–Crippen LogP) is 2.23. The molecule has 136 valence electrons. The molecule has 0 aromatic rings. The van der Waals surface area contributed by atoms with Gasteiger partial charge in [0, 0.05) is 27.5 Å². The summed E-state index contributed by atoms with van der Waals surface area (Å²) in [6.45, 7) is 9.65. The second kappa shape index (κ2) is 13.1. The molecule has 2 rings (SSSR count). The van der Waals surface area contributed by atoms with Crippen molar-refractivity contribution in [3.63, 3.8) is 0 Å². The van der Waals surface area contributed by atoms with E-state index in [0.29, 0.717) is 0 Å². The predicted molar refractivity (Wildman–Crippen MR) is 87.0 cm³/mol. The number of alkyl halides is 1. The van der Waals surface area contributed by atoms with Gasteiger partial charge in [0.15, 0.2) is 0 Å². The van der Waals surface area contributed by atoms with E-state index >= 15 is 0 Å². The van der Waals surface area contributed by atoms with Crippen molar-refractivity contribution < 1.29 is 39.8 Å². The fraction of sp³-hybridized carbons (Fsp3) is 0.588. The molecule has 2 N–H and O–H groups in total. The Labute approximate surface area is 157 Å². The molecule has 1 aliphatic carbocycles. The monoisotopic (exact) mass is 509 g/mol. The summed E-state index contributed by atoms with van der Waals surface area (Å²) in [7, 11) is 0. The van der Waals surface area contributed by atoms with Crippen LogP contribution >= 0.6 is 0 Å². The Hall–Kier alpha value is -1.29. The Morgan fingerprint density at radius 2 is 1.88 bits per heavy atom. The zero-order valence-electron chi connectivity index (χ0n) is 14.8. The van der Waals surface area contributed by atoms with Crippen LogP contribution in [0.5, 0.6) is 0 Å². The van der Waals surface area contributed by atoms with E-state index in [1.165, 1.54) is 12.2 Å². The van der Waals surface area contributed by atoms with Gasteiger partial charge >= 0.3 is 0 Å². The first kappa shape index (κ1) is 25.0. The zero-order chi connectivity index (χ0) is 18.0. The summed E-state index contributed by atoms with van der Waals surface area (Å²) >= 11 is 0. The minimum atomic E-state index is -1.15. The number of imide groups is 1. The Balaban J connectivity index is 0. The third-order valence-corrected chi connectivity index (χ3v) is 3.12. The Morgan fingerprint density at radius 3 is 2.38 bits per heavy atom. The number of amides is 3. The van der Waals surface area contributed by atoms with Crippen molar-refractivity contribution in [2.45, 2.75) is 59.7 Å². The standard InChI is InChI=1S/C13H14FN2O3.2C2H6.W/c1-7-6-8(2-3-9(7)14)12(18)15-10-4-5-11(17)16-13(10)19;2*1-2;/h3,6-7,9-10H,4-5H2,1H3,(H,15,18)(H,16,17,19);2*1-2H3;/q-1;;;. The first-order valence-electron chi connectivity index (χ1n) is 8.07. The van der Waals surface area contributed by atoms with E-state index in [1.54, 1.807) is 6.92 Å². The van der Waals surface area contributed by atoms with Gasteiger partial charge in [-0.25, -0.2) is 4.39 Å². The SMILES string of the molecule is CC.CC.CC1C=C(C(=O)NC2CCC(=O)NC2=O)[C-]=CC1F.[W]. The van der Waals surface area contributed by atoms with E-state index < -0.39 is 29.9 Å². The Morgan fingerprint density at radius 1 is 1.29 bits per heavy atom. The molecule has 3 amide bonds. The quantitative estimate of drug-likeness (QED) is 0.443. The molecule has 0 radical (unpaired) electrons. The van der Waals surface area contributed by atoms with Gasteiger partial charge in [-0.05, 0) is 12.3 Å². The fourth-order valence-electron chi connectivity index (χ4n) is 1.93. The van der Waals surface area contributed by atoms with Crippen molar-refractivity contribution in [2.24, 2.45) is 5.92 Å². The van der Waals surface area contributed by atoms with Crippen molar-refractivity contribution in [2.75, 3.05) is 0 Å². The van der Waals surface area contributed by atoms with Gasteiger partial charge in [-0.1, -0.05) is 34.6 Å². The Bertz CT molecular complexity index is 492. The molecular weight excluding hydrogens is 483 g/mol. The number of hydrogen-bond donors (Lipinski definition) is 2. The van der Waals surface area contributed by atoms with E-state index in [1.807, 2.05) is 27.7 Å². The molecule has 0 bridgehead atoms. The van der Waals surface area contributed by atoms with Gasteiger partial charge in [0.25, 0.3) is 0 Å². The van der Waals surface area contributed by atoms with E-state index in [2.05, 4.69) is 16.7 Å². The van der Waals surface area contributed by atoms with E-state index in [4.69, 9.17) is 0 Å². The van der Waals surface area contributed by atoms with Crippen molar-refractivity contribution in [1.29, 1.82) is 0 Å². The number of nitrogens with one attached hydrogen (secondary N) is 2. The molecule has 2 aliphatic rings. The summed E-state index contributed by atoms with van der Waals surface area (Å²) in [6.07, 6.45) is 4.56. The number of carbonyl (C=O) groups is 3. The Kier molecular flexibility index (Phi) is 13.6. The van der Waals surface area contributed by atoms with Crippen LogP contribution in [0.25, 0.3) is 0 Å². The minimum Gasteiger partial charge on any atom is -0.394 e. The van der Waals surface area contributed by atoms with Crippen molar-refractivity contribution in [3.05, 3.63) is 23.8 Å². The summed E-state index contributed by atoms with van der Waals surface area (Å²) < 4.78 is 13.2. The third-order valence-electron chi connectivity index (χ3n) is 3.12. The van der Waals surface area contributed by atoms with Gasteiger partial charge in [0.1, 0.15) is 12.1 Å². The zero-order valence-corrected chi connectivity index (χ0v) is 17.7. The topological polar surface area (TPSA) is 75.3 Å². The molecule has 5 nitrogen and oxygen atoms in total. The fourth-order valence-corrected chi connectivity index (χ4v) is 1.93. The summed E-state index contributed by atoms with van der Waals surface area (Å²) in [6, 6.07) is -0.730. The molecular formula is C17H26FN2O3W-. The van der Waals surface area contributed by atoms with E-state index in [9.17, 15) is 18.8 Å². The van der Waals surface area contributed by atoms with Crippen LogP contribution in [0.15, 0.2) is 17.7 Å². The maximum atomic E-state index is 13.2. The first-order chi connectivity index (χ1) is 11.0. The summed E-state index contributed by atoms with van der Waals surface area (Å²) in [5.74, 6) is -1.73. The maximum absolute atomic E-state index is 13.2. The molecule has 24 heavy (non-hydrogen) atoms. The van der Waals surface area contributed by atoms with Gasteiger partial charge < -0.3 is 10.1 Å². The first-order valence-corrected chi connectivity index (χ1v) is 8.07. The van der Waals surface area contributed by atoms with Crippen LogP contribution < -0.4 is 10.6 Å². The molecule has 3 atom stereocenters. The second-order valence-electron chi connectivity index (χ2n) is 4.67. The van der Waals surface area contributed by atoms with E-state index in [0.717, 1.165) is 0 Å². The average Bonchev–Trinajstić information content (AvgIpc) is 2.56. The van der Waals surface area contributed by atoms with E-state index in [-0.39, 0.29) is 45.4 Å². The van der Waals surface area contributed by atoms with Gasteiger partial charge in [-0.15, -0.1) is 11.6 Å².